The number of hydrogen-bond acceptors (Lipinski definition) is 4. The maximum absolute atomic E-state index is 4.55. The van der Waals surface area contributed by atoms with Crippen LogP contribution < -0.4 is 4.90 Å². The average molecular weight is 370 g/mol. The number of imidazole rings is 1. The van der Waals surface area contributed by atoms with Gasteiger partial charge < -0.3 is 9.88 Å². The highest BCUT2D eigenvalue weighted by molar-refractivity contribution is 14.1. The second-order valence-electron chi connectivity index (χ2n) is 4.16. The summed E-state index contributed by atoms with van der Waals surface area (Å²) in [5.74, 6) is 1.80. The summed E-state index contributed by atoms with van der Waals surface area (Å²) >= 11 is 4.03. The Kier molecular flexibility index (Phi) is 2.98. The molecule has 0 aromatic carbocycles. The van der Waals surface area contributed by atoms with Gasteiger partial charge in [0.25, 0.3) is 0 Å². The molecule has 0 saturated heterocycles. The summed E-state index contributed by atoms with van der Waals surface area (Å²) in [5, 5.41) is 2.10. The summed E-state index contributed by atoms with van der Waals surface area (Å²) < 4.78 is 1.25. The van der Waals surface area contributed by atoms with E-state index in [1.807, 2.05) is 31.1 Å². The van der Waals surface area contributed by atoms with E-state index in [9.17, 15) is 0 Å². The van der Waals surface area contributed by atoms with E-state index < -0.39 is 0 Å². The largest absolute Gasteiger partial charge is 0.363 e. The second-order valence-corrected chi connectivity index (χ2v) is 6.97. The fraction of sp³-hybridized carbons (Fsp3) is 0.167. The number of hydrogen-bond donors (Lipinski definition) is 1. The molecule has 3 heterocycles. The van der Waals surface area contributed by atoms with Crippen LogP contribution >= 0.6 is 33.9 Å². The fourth-order valence-electron chi connectivity index (χ4n) is 1.70. The zero-order valence-electron chi connectivity index (χ0n) is 9.94. The van der Waals surface area contributed by atoms with Crippen LogP contribution in [-0.4, -0.2) is 29.0 Å². The van der Waals surface area contributed by atoms with Gasteiger partial charge in [-0.25, -0.2) is 9.97 Å². The molecule has 4 nitrogen and oxygen atoms in total. The van der Waals surface area contributed by atoms with E-state index >= 15 is 0 Å². The quantitative estimate of drug-likeness (QED) is 0.704. The summed E-state index contributed by atoms with van der Waals surface area (Å²) in [6.45, 7) is 0. The first-order valence-electron chi connectivity index (χ1n) is 5.42. The lowest BCUT2D eigenvalue weighted by Gasteiger charge is -2.09. The molecule has 0 spiro atoms. The number of aromatic nitrogens is 3. The Morgan fingerprint density at radius 2 is 2.11 bits per heavy atom. The van der Waals surface area contributed by atoms with Gasteiger partial charge in [-0.3, -0.25) is 0 Å². The molecule has 0 aliphatic heterocycles. The van der Waals surface area contributed by atoms with Crippen LogP contribution in [0.25, 0.3) is 22.6 Å². The monoisotopic (exact) mass is 370 g/mol. The lowest BCUT2D eigenvalue weighted by molar-refractivity contribution is 1.08. The zero-order valence-corrected chi connectivity index (χ0v) is 12.9. The van der Waals surface area contributed by atoms with Gasteiger partial charge >= 0.3 is 0 Å². The molecular weight excluding hydrogens is 359 g/mol. The van der Waals surface area contributed by atoms with Crippen LogP contribution in [-0.2, 0) is 0 Å². The van der Waals surface area contributed by atoms with Crippen molar-refractivity contribution in [3.8, 4) is 11.4 Å². The molecule has 1 N–H and O–H groups in total. The molecule has 0 saturated carbocycles. The molecule has 6 heteroatoms. The Hall–Kier alpha value is -1.15. The maximum atomic E-state index is 4.55. The van der Waals surface area contributed by atoms with Crippen molar-refractivity contribution in [2.75, 3.05) is 19.0 Å². The van der Waals surface area contributed by atoms with Crippen molar-refractivity contribution >= 4 is 50.9 Å². The van der Waals surface area contributed by atoms with Gasteiger partial charge in [-0.2, -0.15) is 0 Å². The first kappa shape index (κ1) is 11.9. The molecule has 0 aliphatic carbocycles. The Morgan fingerprint density at radius 3 is 2.78 bits per heavy atom. The number of anilines is 1. The molecule has 0 unspecified atom stereocenters. The fourth-order valence-corrected chi connectivity index (χ4v) is 3.03. The first-order valence-corrected chi connectivity index (χ1v) is 7.38. The summed E-state index contributed by atoms with van der Waals surface area (Å²) in [6, 6.07) is 6.13. The Labute approximate surface area is 122 Å². The van der Waals surface area contributed by atoms with Gasteiger partial charge in [0.15, 0.2) is 5.65 Å². The van der Waals surface area contributed by atoms with Gasteiger partial charge in [-0.15, -0.1) is 11.3 Å². The van der Waals surface area contributed by atoms with Crippen molar-refractivity contribution in [3.05, 3.63) is 26.5 Å². The van der Waals surface area contributed by atoms with Crippen LogP contribution in [0.3, 0.4) is 0 Å². The number of nitrogens with one attached hydrogen (secondary N) is 1. The topological polar surface area (TPSA) is 44.8 Å². The van der Waals surface area contributed by atoms with Crippen molar-refractivity contribution < 1.29 is 0 Å². The third kappa shape index (κ3) is 2.10. The molecule has 0 aliphatic rings. The maximum Gasteiger partial charge on any atom is 0.180 e. The number of aromatic amines is 1. The van der Waals surface area contributed by atoms with Crippen molar-refractivity contribution in [2.24, 2.45) is 0 Å². The number of fused-ring (bicyclic) bond motifs is 1. The van der Waals surface area contributed by atoms with Gasteiger partial charge in [0.2, 0.25) is 0 Å². The first-order chi connectivity index (χ1) is 8.63. The SMILES string of the molecule is CN(C)c1ccc2[nH]c(-c3csc(I)c3)nc2n1. The van der Waals surface area contributed by atoms with Crippen LogP contribution in [0.5, 0.6) is 0 Å². The average Bonchev–Trinajstić information content (AvgIpc) is 2.93. The normalized spacial score (nSPS) is 11.1. The highest BCUT2D eigenvalue weighted by atomic mass is 127. The van der Waals surface area contributed by atoms with Crippen molar-refractivity contribution in [1.29, 1.82) is 0 Å². The number of rotatable bonds is 2. The molecule has 0 radical (unpaired) electrons. The molecule has 3 aromatic heterocycles. The van der Waals surface area contributed by atoms with Crippen molar-refractivity contribution in [2.45, 2.75) is 0 Å². The van der Waals surface area contributed by atoms with Gasteiger partial charge in [0.1, 0.15) is 11.6 Å². The highest BCUT2D eigenvalue weighted by Gasteiger charge is 2.09. The highest BCUT2D eigenvalue weighted by Crippen LogP contribution is 2.26. The molecular formula is C12H11IN4S. The van der Waals surface area contributed by atoms with E-state index in [1.165, 1.54) is 2.88 Å². The van der Waals surface area contributed by atoms with E-state index in [0.717, 1.165) is 28.4 Å². The Bertz CT molecular complexity index is 701. The molecule has 0 bridgehead atoms. The molecule has 0 atom stereocenters. The van der Waals surface area contributed by atoms with Crippen LogP contribution in [0.2, 0.25) is 0 Å². The third-order valence-electron chi connectivity index (χ3n) is 2.63. The smallest absolute Gasteiger partial charge is 0.180 e. The van der Waals surface area contributed by atoms with E-state index in [0.29, 0.717) is 0 Å². The van der Waals surface area contributed by atoms with Gasteiger partial charge in [0, 0.05) is 25.0 Å². The summed E-state index contributed by atoms with van der Waals surface area (Å²) in [7, 11) is 3.95. The van der Waals surface area contributed by atoms with Crippen molar-refractivity contribution in [3.63, 3.8) is 0 Å². The summed E-state index contributed by atoms with van der Waals surface area (Å²) in [5.41, 5.74) is 2.85. The molecule has 18 heavy (non-hydrogen) atoms. The molecule has 3 aromatic rings. The van der Waals surface area contributed by atoms with Gasteiger partial charge in [0.05, 0.1) is 8.40 Å². The van der Waals surface area contributed by atoms with Crippen LogP contribution in [0.1, 0.15) is 0 Å². The standard InChI is InChI=1S/C12H11IN4S/c1-17(2)10-4-3-8-12(15-10)16-11(14-8)7-5-9(13)18-6-7/h3-6H,1-2H3,(H,14,15,16). The number of pyridine rings is 1. The number of halogens is 1. The predicted octanol–water partition coefficient (Wildman–Crippen LogP) is 3.36. The van der Waals surface area contributed by atoms with Gasteiger partial charge in [-0.05, 0) is 40.8 Å². The minimum absolute atomic E-state index is 0.761. The minimum atomic E-state index is 0.761. The van der Waals surface area contributed by atoms with Crippen LogP contribution in [0.4, 0.5) is 5.82 Å². The third-order valence-corrected chi connectivity index (χ3v) is 4.42. The summed E-state index contributed by atoms with van der Waals surface area (Å²) in [6.07, 6.45) is 0. The lowest BCUT2D eigenvalue weighted by Crippen LogP contribution is -2.10. The Balaban J connectivity index is 2.11. The van der Waals surface area contributed by atoms with E-state index in [1.54, 1.807) is 11.3 Å². The Morgan fingerprint density at radius 1 is 1.28 bits per heavy atom. The molecule has 0 amide bonds. The second kappa shape index (κ2) is 4.51. The van der Waals surface area contributed by atoms with Crippen LogP contribution in [0, 0.1) is 2.88 Å². The molecule has 0 fully saturated rings. The molecule has 92 valence electrons. The van der Waals surface area contributed by atoms with Crippen LogP contribution in [0.15, 0.2) is 23.6 Å². The number of nitrogens with zero attached hydrogens (tertiary/aromatic N) is 3. The summed E-state index contributed by atoms with van der Waals surface area (Å²) in [4.78, 5) is 14.3. The predicted molar refractivity (Wildman–Crippen MR) is 84.2 cm³/mol. The van der Waals surface area contributed by atoms with E-state index in [2.05, 4.69) is 49.0 Å². The number of H-pyrrole nitrogens is 1. The zero-order chi connectivity index (χ0) is 12.7. The van der Waals surface area contributed by atoms with Gasteiger partial charge in [-0.1, -0.05) is 0 Å². The van der Waals surface area contributed by atoms with E-state index in [-0.39, 0.29) is 0 Å². The lowest BCUT2D eigenvalue weighted by atomic mass is 10.3. The molecule has 3 rings (SSSR count). The van der Waals surface area contributed by atoms with E-state index in [4.69, 9.17) is 0 Å². The van der Waals surface area contributed by atoms with Crippen molar-refractivity contribution in [1.82, 2.24) is 15.0 Å². The minimum Gasteiger partial charge on any atom is -0.363 e. The number of thiophene rings is 1.